The Morgan fingerprint density at radius 2 is 1.03 bits per heavy atom. The van der Waals surface area contributed by atoms with Gasteiger partial charge in [-0.25, -0.2) is 9.59 Å². The Morgan fingerprint density at radius 3 is 1.24 bits per heavy atom. The van der Waals surface area contributed by atoms with E-state index in [2.05, 4.69) is 13.2 Å². The molecule has 0 unspecified atom stereocenters. The van der Waals surface area contributed by atoms with Crippen LogP contribution in [0.1, 0.15) is 20.7 Å². The molecule has 0 aromatic heterocycles. The van der Waals surface area contributed by atoms with E-state index in [1.54, 1.807) is 60.3 Å². The number of ether oxygens (including phenoxy) is 2. The summed E-state index contributed by atoms with van der Waals surface area (Å²) in [6, 6.07) is 6.31. The first-order valence-electron chi connectivity index (χ1n) is 10.7. The zero-order valence-electron chi connectivity index (χ0n) is 16.1. The van der Waals surface area contributed by atoms with Crippen molar-refractivity contribution in [3.8, 4) is 0 Å². The van der Waals surface area contributed by atoms with Gasteiger partial charge in [-0.05, 0) is 12.1 Å². The summed E-state index contributed by atoms with van der Waals surface area (Å²) in [4.78, 5) is 39.3. The molecular weight excluding hydrogens is 408 g/mol. The third-order valence-corrected chi connectivity index (χ3v) is 58.5. The third-order valence-electron chi connectivity index (χ3n) is 16.6. The van der Waals surface area contributed by atoms with Gasteiger partial charge >= 0.3 is 66.6 Å². The first-order chi connectivity index (χ1) is 13.9. The Balaban J connectivity index is 0.0000000949. The fourth-order valence-electron chi connectivity index (χ4n) is 17.1. The van der Waals surface area contributed by atoms with Crippen LogP contribution in [0.5, 0.6) is 0 Å². The van der Waals surface area contributed by atoms with Crippen LogP contribution < -0.4 is 0 Å². The van der Waals surface area contributed by atoms with Crippen LogP contribution in [0.15, 0.2) is 49.6 Å². The van der Waals surface area contributed by atoms with E-state index >= 15 is 0 Å². The van der Waals surface area contributed by atoms with Crippen molar-refractivity contribution < 1.29 is 25.6 Å². The fraction of sp³-hybridized carbons (Fsp3) is 0.500. The van der Waals surface area contributed by atoms with E-state index in [1.807, 2.05) is 0 Å². The molecule has 0 bridgehead atoms. The molecule has 0 aliphatic carbocycles. The van der Waals surface area contributed by atoms with Crippen LogP contribution in [0.3, 0.4) is 0 Å². The molecule has 0 radical (unpaired) electrons. The summed E-state index contributed by atoms with van der Waals surface area (Å²) in [6.07, 6.45) is 2.91. The molecule has 152 valence electrons. The molecule has 0 saturated carbocycles. The van der Waals surface area contributed by atoms with Crippen molar-refractivity contribution in [3.05, 3.63) is 60.7 Å². The van der Waals surface area contributed by atoms with Gasteiger partial charge in [-0.1, -0.05) is 37.4 Å². The van der Waals surface area contributed by atoms with Crippen molar-refractivity contribution in [1.82, 2.24) is 0 Å². The first kappa shape index (κ1) is 14.2. The number of carbonyl (C=O) groups excluding carboxylic acids is 2. The monoisotopic (exact) mass is 432 g/mol. The standard InChI is InChI=1S/C14H14O4.2C5H5.Fe/c1-3-9-17-13(15)11-7-5-6-8-12(11)14(16)18-10-4-2;2*1-2-4-5-3-1;/h3-8H,1-2,9-10H2;2*1-5H;. The zero-order valence-corrected chi connectivity index (χ0v) is 17.2. The summed E-state index contributed by atoms with van der Waals surface area (Å²) in [6.45, 7) is 4.79. The van der Waals surface area contributed by atoms with E-state index in [-0.39, 0.29) is 24.3 Å². The molecule has 0 amide bonds. The second-order valence-electron chi connectivity index (χ2n) is 12.9. The normalized spacial score (nSPS) is 70.6. The van der Waals surface area contributed by atoms with Crippen molar-refractivity contribution in [2.45, 2.75) is 48.2 Å². The SMILES string of the molecule is C=CCOC(=O)c1ccccc1C(=O)OCC=C.[CH]12[CH]3[CH]4[CH]5[CH]1[Fe]23451678[CH]2[CH]1[CH]6[CH]7[CH]28. The molecule has 1 aromatic rings. The maximum atomic E-state index is 11.7. The molecule has 10 fully saturated rings. The molecule has 5 heteroatoms. The molecule has 10 saturated heterocycles. The van der Waals surface area contributed by atoms with Gasteiger partial charge in [0.05, 0.1) is 11.1 Å². The summed E-state index contributed by atoms with van der Waals surface area (Å²) >= 11 is 0. The minimum absolute atomic E-state index is 0.0921. The van der Waals surface area contributed by atoms with Gasteiger partial charge < -0.3 is 9.47 Å². The number of carbonyl (C=O) groups is 2. The van der Waals surface area contributed by atoms with E-state index in [4.69, 9.17) is 9.47 Å². The molecule has 10 aliphatic rings. The number of rotatable bonds is 6. The van der Waals surface area contributed by atoms with E-state index < -0.39 is 18.4 Å². The second-order valence-corrected chi connectivity index (χ2v) is 36.8. The van der Waals surface area contributed by atoms with Gasteiger partial charge in [-0.3, -0.25) is 0 Å². The van der Waals surface area contributed by atoms with Crippen LogP contribution in [0.4, 0.5) is 0 Å². The molecule has 4 nitrogen and oxygen atoms in total. The molecule has 11 rings (SSSR count). The summed E-state index contributed by atoms with van der Waals surface area (Å²) in [5, 5.41) is 0. The van der Waals surface area contributed by atoms with Gasteiger partial charge in [0.2, 0.25) is 0 Å². The van der Waals surface area contributed by atoms with Crippen LogP contribution in [-0.4, -0.2) is 25.2 Å². The Labute approximate surface area is 159 Å². The van der Waals surface area contributed by atoms with Crippen LogP contribution in [0, 0.1) is 0 Å². The molecule has 0 N–H and O–H groups in total. The zero-order chi connectivity index (χ0) is 19.5. The van der Waals surface area contributed by atoms with E-state index in [0.717, 1.165) is 0 Å². The van der Waals surface area contributed by atoms with Crippen molar-refractivity contribution in [1.29, 1.82) is 0 Å². The number of esters is 2. The quantitative estimate of drug-likeness (QED) is 0.327. The number of fused-ring (bicyclic) bond motifs is 10. The van der Waals surface area contributed by atoms with Crippen LogP contribution in [0.2, 0.25) is 48.2 Å². The van der Waals surface area contributed by atoms with Crippen LogP contribution >= 0.6 is 0 Å². The molecule has 1 spiro atoms. The number of hydrogen-bond acceptors (Lipinski definition) is 4. The van der Waals surface area contributed by atoms with Gasteiger partial charge in [0.1, 0.15) is 13.2 Å². The molecule has 0 atom stereocenters. The average Bonchev–Trinajstić information content (AvgIpc) is 3.68. The number of hydrogen-bond donors (Lipinski definition) is 0. The summed E-state index contributed by atoms with van der Waals surface area (Å²) in [5.74, 6) is -1.16. The minimum atomic E-state index is -2.28. The fourth-order valence-corrected chi connectivity index (χ4v) is 89.3. The van der Waals surface area contributed by atoms with Gasteiger partial charge in [0.15, 0.2) is 0 Å². The van der Waals surface area contributed by atoms with Gasteiger partial charge in [-0.2, -0.15) is 0 Å². The topological polar surface area (TPSA) is 52.6 Å². The second kappa shape index (κ2) is 1.83. The van der Waals surface area contributed by atoms with Gasteiger partial charge in [0.25, 0.3) is 0 Å². The summed E-state index contributed by atoms with van der Waals surface area (Å²) in [7, 11) is 0. The van der Waals surface area contributed by atoms with Gasteiger partial charge in [-0.15, -0.1) is 0 Å². The molecule has 10 heterocycles. The number of benzene rings is 1. The van der Waals surface area contributed by atoms with E-state index in [9.17, 15) is 9.59 Å². The van der Waals surface area contributed by atoms with Crippen molar-refractivity contribution in [2.24, 2.45) is 0 Å². The van der Waals surface area contributed by atoms with Crippen molar-refractivity contribution in [3.63, 3.8) is 0 Å². The Bertz CT molecular complexity index is 1220. The van der Waals surface area contributed by atoms with Crippen molar-refractivity contribution >= 4 is 11.9 Å². The summed E-state index contributed by atoms with van der Waals surface area (Å²) in [5.41, 5.74) is 0.349. The van der Waals surface area contributed by atoms with Crippen LogP contribution in [0.25, 0.3) is 0 Å². The van der Waals surface area contributed by atoms with Crippen molar-refractivity contribution in [2.75, 3.05) is 13.2 Å². The predicted molar refractivity (Wildman–Crippen MR) is 105 cm³/mol. The Hall–Kier alpha value is -1.84. The average molecular weight is 432 g/mol. The molecular formula is C24H24FeO4. The first-order valence-corrected chi connectivity index (χ1v) is 17.1. The maximum absolute atomic E-state index is 11.7. The Kier molecular flexibility index (Phi) is 0.896. The summed E-state index contributed by atoms with van der Waals surface area (Å²) < 4.78 is 9.78. The van der Waals surface area contributed by atoms with Gasteiger partial charge in [0, 0.05) is 0 Å². The van der Waals surface area contributed by atoms with Crippen LogP contribution in [-0.2, 0) is 16.0 Å². The third kappa shape index (κ3) is 0.301. The predicted octanol–water partition coefficient (Wildman–Crippen LogP) is 5.75. The Morgan fingerprint density at radius 1 is 0.724 bits per heavy atom. The molecule has 10 aliphatic heterocycles. The molecule has 1 aromatic carbocycles. The molecule has 29 heavy (non-hydrogen) atoms. The van der Waals surface area contributed by atoms with E-state index in [1.165, 1.54) is 24.3 Å². The van der Waals surface area contributed by atoms with E-state index in [0.29, 0.717) is 0 Å².